The summed E-state index contributed by atoms with van der Waals surface area (Å²) in [6.45, 7) is 2.19. The lowest BCUT2D eigenvalue weighted by molar-refractivity contribution is -0.131. The highest BCUT2D eigenvalue weighted by Crippen LogP contribution is 2.22. The largest absolute Gasteiger partial charge is 0.497 e. The lowest BCUT2D eigenvalue weighted by atomic mass is 10.1. The molecule has 0 aliphatic carbocycles. The average Bonchev–Trinajstić information content (AvgIpc) is 2.53. The predicted octanol–water partition coefficient (Wildman–Crippen LogP) is 2.04. The lowest BCUT2D eigenvalue weighted by Gasteiger charge is -2.08. The summed E-state index contributed by atoms with van der Waals surface area (Å²) in [6.07, 6.45) is 2.22. The zero-order valence-corrected chi connectivity index (χ0v) is 12.3. The summed E-state index contributed by atoms with van der Waals surface area (Å²) in [4.78, 5) is 22.8. The molecule has 0 spiro atoms. The van der Waals surface area contributed by atoms with E-state index in [1.54, 1.807) is 26.2 Å². The first-order valence-electron chi connectivity index (χ1n) is 6.72. The highest BCUT2D eigenvalue weighted by atomic mass is 16.5. The third-order valence-corrected chi connectivity index (χ3v) is 3.07. The molecule has 0 fully saturated rings. The molecule has 0 unspecified atom stereocenters. The van der Waals surface area contributed by atoms with Crippen LogP contribution in [0.1, 0.15) is 12.5 Å². The first-order valence-corrected chi connectivity index (χ1v) is 6.72. The number of hydrogen-bond acceptors (Lipinski definition) is 4. The highest BCUT2D eigenvalue weighted by Gasteiger charge is 2.08. The molecular formula is C16H16N2O4. The molecule has 0 bridgehead atoms. The van der Waals surface area contributed by atoms with Crippen molar-refractivity contribution >= 4 is 12.0 Å². The Morgan fingerprint density at radius 1 is 1.41 bits per heavy atom. The highest BCUT2D eigenvalue weighted by molar-refractivity contribution is 5.85. The first kappa shape index (κ1) is 15.5. The molecule has 22 heavy (non-hydrogen) atoms. The number of aryl methyl sites for hydroxylation is 1. The van der Waals surface area contributed by atoms with E-state index in [-0.39, 0.29) is 11.1 Å². The molecule has 0 saturated carbocycles. The molecule has 0 radical (unpaired) electrons. The van der Waals surface area contributed by atoms with Gasteiger partial charge >= 0.3 is 5.97 Å². The zero-order chi connectivity index (χ0) is 16.1. The van der Waals surface area contributed by atoms with Gasteiger partial charge in [-0.25, -0.2) is 9.48 Å². The van der Waals surface area contributed by atoms with E-state index >= 15 is 0 Å². The van der Waals surface area contributed by atoms with Gasteiger partial charge in [0.2, 0.25) is 0 Å². The van der Waals surface area contributed by atoms with E-state index in [2.05, 4.69) is 5.10 Å². The van der Waals surface area contributed by atoms with Crippen LogP contribution >= 0.6 is 0 Å². The van der Waals surface area contributed by atoms with Crippen molar-refractivity contribution in [1.29, 1.82) is 0 Å². The number of rotatable bonds is 5. The molecule has 0 saturated heterocycles. The number of aromatic nitrogens is 2. The number of aliphatic carboxylic acids is 1. The molecule has 114 valence electrons. The van der Waals surface area contributed by atoms with Gasteiger partial charge in [-0.15, -0.1) is 0 Å². The van der Waals surface area contributed by atoms with Crippen LogP contribution in [0.25, 0.3) is 17.3 Å². The van der Waals surface area contributed by atoms with Crippen LogP contribution in [-0.4, -0.2) is 28.0 Å². The number of carbonyl (C=O) groups is 1. The number of carboxylic acid groups (broad SMARTS) is 1. The van der Waals surface area contributed by atoms with Gasteiger partial charge in [-0.05, 0) is 31.2 Å². The summed E-state index contributed by atoms with van der Waals surface area (Å²) in [5, 5.41) is 13.0. The topological polar surface area (TPSA) is 81.4 Å². The molecule has 1 aromatic carbocycles. The van der Waals surface area contributed by atoms with Crippen molar-refractivity contribution in [3.63, 3.8) is 0 Å². The summed E-state index contributed by atoms with van der Waals surface area (Å²) in [6, 6.07) is 8.86. The summed E-state index contributed by atoms with van der Waals surface area (Å²) in [5.41, 5.74) is 1.31. The fourth-order valence-electron chi connectivity index (χ4n) is 1.98. The van der Waals surface area contributed by atoms with Gasteiger partial charge in [0, 0.05) is 23.7 Å². The Labute approximate surface area is 127 Å². The van der Waals surface area contributed by atoms with Gasteiger partial charge in [0.1, 0.15) is 5.75 Å². The number of hydrogen-bond donors (Lipinski definition) is 1. The van der Waals surface area contributed by atoms with Crippen LogP contribution in [-0.2, 0) is 11.3 Å². The van der Waals surface area contributed by atoms with E-state index in [4.69, 9.17) is 9.84 Å². The van der Waals surface area contributed by atoms with Gasteiger partial charge in [0.05, 0.1) is 12.8 Å². The van der Waals surface area contributed by atoms with Crippen LogP contribution in [0, 0.1) is 0 Å². The van der Waals surface area contributed by atoms with E-state index in [0.29, 0.717) is 18.0 Å². The molecule has 0 aliphatic heterocycles. The van der Waals surface area contributed by atoms with Gasteiger partial charge in [0.15, 0.2) is 0 Å². The van der Waals surface area contributed by atoms with E-state index in [9.17, 15) is 9.59 Å². The second-order valence-electron chi connectivity index (χ2n) is 4.51. The fraction of sp³-hybridized carbons (Fsp3) is 0.188. The van der Waals surface area contributed by atoms with Crippen molar-refractivity contribution in [2.75, 3.05) is 7.11 Å². The number of methoxy groups -OCH3 is 1. The van der Waals surface area contributed by atoms with Crippen molar-refractivity contribution in [1.82, 2.24) is 9.78 Å². The van der Waals surface area contributed by atoms with Crippen molar-refractivity contribution in [2.45, 2.75) is 13.5 Å². The van der Waals surface area contributed by atoms with Crippen molar-refractivity contribution < 1.29 is 14.6 Å². The smallest absolute Gasteiger partial charge is 0.328 e. The number of nitrogens with zero attached hydrogens (tertiary/aromatic N) is 2. The summed E-state index contributed by atoms with van der Waals surface area (Å²) in [5.74, 6) is -0.432. The molecule has 1 aromatic heterocycles. The molecule has 6 nitrogen and oxygen atoms in total. The second-order valence-corrected chi connectivity index (χ2v) is 4.51. The maximum atomic E-state index is 12.2. The van der Waals surface area contributed by atoms with Crippen LogP contribution in [0.4, 0.5) is 0 Å². The number of ether oxygens (including phenoxy) is 1. The fourth-order valence-corrected chi connectivity index (χ4v) is 1.98. The van der Waals surface area contributed by atoms with Crippen LogP contribution in [0.3, 0.4) is 0 Å². The molecule has 6 heteroatoms. The average molecular weight is 300 g/mol. The SMILES string of the molecule is CCn1nc(-c2cccc(OC)c2)cc(/C=C/C(=O)O)c1=O. The van der Waals surface area contributed by atoms with Crippen LogP contribution in [0.15, 0.2) is 41.2 Å². The van der Waals surface area contributed by atoms with Crippen molar-refractivity contribution in [2.24, 2.45) is 0 Å². The molecule has 1 N–H and O–H groups in total. The quantitative estimate of drug-likeness (QED) is 0.854. The lowest BCUT2D eigenvalue weighted by Crippen LogP contribution is -2.24. The molecule has 0 atom stereocenters. The number of benzene rings is 1. The van der Waals surface area contributed by atoms with E-state index < -0.39 is 5.97 Å². The van der Waals surface area contributed by atoms with Crippen molar-refractivity contribution in [3.8, 4) is 17.0 Å². The Hall–Kier alpha value is -2.89. The Morgan fingerprint density at radius 3 is 2.82 bits per heavy atom. The molecule has 0 aliphatic rings. The third kappa shape index (κ3) is 3.41. The first-order chi connectivity index (χ1) is 10.5. The monoisotopic (exact) mass is 300 g/mol. The Morgan fingerprint density at radius 2 is 2.18 bits per heavy atom. The molecule has 1 heterocycles. The third-order valence-electron chi connectivity index (χ3n) is 3.07. The van der Waals surface area contributed by atoms with Gasteiger partial charge in [-0.1, -0.05) is 12.1 Å². The van der Waals surface area contributed by atoms with Gasteiger partial charge in [0.25, 0.3) is 5.56 Å². The molecule has 2 rings (SSSR count). The maximum Gasteiger partial charge on any atom is 0.328 e. The van der Waals surface area contributed by atoms with Crippen LogP contribution < -0.4 is 10.3 Å². The summed E-state index contributed by atoms with van der Waals surface area (Å²) >= 11 is 0. The standard InChI is InChI=1S/C16H16N2O4/c1-3-18-16(21)12(7-8-15(19)20)10-14(17-18)11-5-4-6-13(9-11)22-2/h4-10H,3H2,1-2H3,(H,19,20)/b8-7+. The minimum atomic E-state index is -1.11. The predicted molar refractivity (Wildman–Crippen MR) is 82.8 cm³/mol. The maximum absolute atomic E-state index is 12.2. The second kappa shape index (κ2) is 6.71. The Kier molecular flexibility index (Phi) is 4.73. The Bertz CT molecular complexity index is 778. The van der Waals surface area contributed by atoms with Crippen molar-refractivity contribution in [3.05, 3.63) is 52.3 Å². The van der Waals surface area contributed by atoms with Crippen LogP contribution in [0.2, 0.25) is 0 Å². The molecular weight excluding hydrogens is 284 g/mol. The van der Waals surface area contributed by atoms with E-state index in [1.165, 1.54) is 10.8 Å². The molecule has 0 amide bonds. The van der Waals surface area contributed by atoms with Crippen LogP contribution in [0.5, 0.6) is 5.75 Å². The van der Waals surface area contributed by atoms with E-state index in [0.717, 1.165) is 11.6 Å². The minimum absolute atomic E-state index is 0.275. The minimum Gasteiger partial charge on any atom is -0.497 e. The van der Waals surface area contributed by atoms with Gasteiger partial charge in [-0.2, -0.15) is 5.10 Å². The molecule has 2 aromatic rings. The number of carboxylic acids is 1. The zero-order valence-electron chi connectivity index (χ0n) is 12.3. The van der Waals surface area contributed by atoms with Gasteiger partial charge < -0.3 is 9.84 Å². The van der Waals surface area contributed by atoms with Gasteiger partial charge in [-0.3, -0.25) is 4.79 Å². The summed E-state index contributed by atoms with van der Waals surface area (Å²) < 4.78 is 6.48. The summed E-state index contributed by atoms with van der Waals surface area (Å²) in [7, 11) is 1.57. The normalized spacial score (nSPS) is 10.8. The van der Waals surface area contributed by atoms with E-state index in [1.807, 2.05) is 18.2 Å². The Balaban J connectivity index is 2.58.